The Morgan fingerprint density at radius 1 is 1.30 bits per heavy atom. The second-order valence-corrected chi connectivity index (χ2v) is 7.45. The largest absolute Gasteiger partial charge is 0.296 e. The SMILES string of the molecule is Cc1cc(C)n(C2CCN(Cc3ccc(-c4ccn[nH]4)s3)C2)n1. The third-order valence-electron chi connectivity index (χ3n) is 4.45. The third-order valence-corrected chi connectivity index (χ3v) is 5.55. The van der Waals surface area contributed by atoms with Crippen LogP contribution in [0.3, 0.4) is 0 Å². The minimum atomic E-state index is 0.510. The van der Waals surface area contributed by atoms with Crippen LogP contribution >= 0.6 is 11.3 Å². The molecule has 0 bridgehead atoms. The predicted molar refractivity (Wildman–Crippen MR) is 92.5 cm³/mol. The Hall–Kier alpha value is -1.92. The average Bonchev–Trinajstić information content (AvgIpc) is 3.27. The Kier molecular flexibility index (Phi) is 3.79. The summed E-state index contributed by atoms with van der Waals surface area (Å²) in [6, 6.07) is 9.11. The van der Waals surface area contributed by atoms with Crippen LogP contribution in [0.25, 0.3) is 10.6 Å². The van der Waals surface area contributed by atoms with Crippen LogP contribution in [0.15, 0.2) is 30.5 Å². The van der Waals surface area contributed by atoms with Crippen LogP contribution in [0.2, 0.25) is 0 Å². The number of aromatic nitrogens is 4. The van der Waals surface area contributed by atoms with Gasteiger partial charge in [0.05, 0.1) is 22.3 Å². The Morgan fingerprint density at radius 2 is 2.22 bits per heavy atom. The first-order chi connectivity index (χ1) is 11.2. The van der Waals surface area contributed by atoms with Crippen molar-refractivity contribution in [3.63, 3.8) is 0 Å². The Bertz CT molecular complexity index is 786. The van der Waals surface area contributed by atoms with Crippen molar-refractivity contribution in [3.05, 3.63) is 46.7 Å². The van der Waals surface area contributed by atoms with Crippen molar-refractivity contribution in [1.82, 2.24) is 24.9 Å². The summed E-state index contributed by atoms with van der Waals surface area (Å²) in [7, 11) is 0. The van der Waals surface area contributed by atoms with E-state index in [2.05, 4.69) is 56.9 Å². The number of nitrogens with one attached hydrogen (secondary N) is 1. The van der Waals surface area contributed by atoms with E-state index in [0.29, 0.717) is 6.04 Å². The number of hydrogen-bond donors (Lipinski definition) is 1. The van der Waals surface area contributed by atoms with Crippen LogP contribution in [0.4, 0.5) is 0 Å². The second-order valence-electron chi connectivity index (χ2n) is 6.29. The van der Waals surface area contributed by atoms with Gasteiger partial charge >= 0.3 is 0 Å². The molecule has 5 nitrogen and oxygen atoms in total. The summed E-state index contributed by atoms with van der Waals surface area (Å²) in [4.78, 5) is 5.19. The first-order valence-electron chi connectivity index (χ1n) is 8.02. The molecule has 1 atom stereocenters. The van der Waals surface area contributed by atoms with Crippen LogP contribution < -0.4 is 0 Å². The number of nitrogens with zero attached hydrogens (tertiary/aromatic N) is 4. The maximum absolute atomic E-state index is 4.65. The molecule has 0 saturated carbocycles. The normalized spacial score (nSPS) is 18.8. The highest BCUT2D eigenvalue weighted by molar-refractivity contribution is 7.15. The van der Waals surface area contributed by atoms with Gasteiger partial charge in [-0.2, -0.15) is 10.2 Å². The van der Waals surface area contributed by atoms with Crippen LogP contribution in [0, 0.1) is 13.8 Å². The fourth-order valence-corrected chi connectivity index (χ4v) is 4.42. The van der Waals surface area contributed by atoms with E-state index in [-0.39, 0.29) is 0 Å². The molecule has 3 aromatic rings. The standard InChI is InChI=1S/C17H21N5S/c1-12-9-13(2)22(20-12)14-6-8-21(10-14)11-15-3-4-17(23-15)16-5-7-18-19-16/h3-5,7,9,14H,6,8,10-11H2,1-2H3,(H,18,19). The summed E-state index contributed by atoms with van der Waals surface area (Å²) in [5, 5.41) is 11.7. The fraction of sp³-hybridized carbons (Fsp3) is 0.412. The first-order valence-corrected chi connectivity index (χ1v) is 8.84. The Morgan fingerprint density at radius 3 is 2.96 bits per heavy atom. The van der Waals surface area contributed by atoms with Gasteiger partial charge in [0.15, 0.2) is 0 Å². The molecule has 1 N–H and O–H groups in total. The Balaban J connectivity index is 1.42. The predicted octanol–water partition coefficient (Wildman–Crippen LogP) is 3.40. The summed E-state index contributed by atoms with van der Waals surface area (Å²) < 4.78 is 2.21. The van der Waals surface area contributed by atoms with Gasteiger partial charge in [0, 0.05) is 36.4 Å². The highest BCUT2D eigenvalue weighted by Crippen LogP contribution is 2.29. The molecule has 0 aliphatic carbocycles. The van der Waals surface area contributed by atoms with Crippen LogP contribution in [-0.4, -0.2) is 38.0 Å². The van der Waals surface area contributed by atoms with E-state index in [1.54, 1.807) is 6.20 Å². The van der Waals surface area contributed by atoms with Gasteiger partial charge in [0.1, 0.15) is 0 Å². The lowest BCUT2D eigenvalue weighted by atomic mass is 10.2. The number of thiophene rings is 1. The number of H-pyrrole nitrogens is 1. The molecule has 1 saturated heterocycles. The van der Waals surface area contributed by atoms with Gasteiger partial charge in [-0.15, -0.1) is 11.3 Å². The van der Waals surface area contributed by atoms with E-state index < -0.39 is 0 Å². The van der Waals surface area contributed by atoms with Gasteiger partial charge in [-0.3, -0.25) is 14.7 Å². The maximum atomic E-state index is 4.65. The molecule has 4 rings (SSSR count). The van der Waals surface area contributed by atoms with Gasteiger partial charge in [0.25, 0.3) is 0 Å². The van der Waals surface area contributed by atoms with Crippen molar-refractivity contribution in [3.8, 4) is 10.6 Å². The minimum absolute atomic E-state index is 0.510. The molecule has 4 heterocycles. The number of aromatic amines is 1. The molecule has 3 aromatic heterocycles. The summed E-state index contributed by atoms with van der Waals surface area (Å²) in [6.07, 6.45) is 2.98. The summed E-state index contributed by atoms with van der Waals surface area (Å²) >= 11 is 1.85. The van der Waals surface area contributed by atoms with Crippen LogP contribution in [-0.2, 0) is 6.54 Å². The monoisotopic (exact) mass is 327 g/mol. The maximum Gasteiger partial charge on any atom is 0.0749 e. The molecule has 0 aromatic carbocycles. The first kappa shape index (κ1) is 14.7. The van der Waals surface area contributed by atoms with Crippen molar-refractivity contribution >= 4 is 11.3 Å². The van der Waals surface area contributed by atoms with Gasteiger partial charge in [-0.25, -0.2) is 0 Å². The zero-order valence-electron chi connectivity index (χ0n) is 13.5. The minimum Gasteiger partial charge on any atom is -0.296 e. The lowest BCUT2D eigenvalue weighted by molar-refractivity contribution is 0.313. The van der Waals surface area contributed by atoms with Crippen LogP contribution in [0.5, 0.6) is 0 Å². The molecule has 1 fully saturated rings. The quantitative estimate of drug-likeness (QED) is 0.799. The molecular formula is C17H21N5S. The number of hydrogen-bond acceptors (Lipinski definition) is 4. The molecule has 6 heteroatoms. The highest BCUT2D eigenvalue weighted by atomic mass is 32.1. The summed E-state index contributed by atoms with van der Waals surface area (Å²) in [6.45, 7) is 7.46. The van der Waals surface area contributed by atoms with E-state index in [9.17, 15) is 0 Å². The molecule has 120 valence electrons. The van der Waals surface area contributed by atoms with Gasteiger partial charge < -0.3 is 0 Å². The lowest BCUT2D eigenvalue weighted by Crippen LogP contribution is -2.21. The van der Waals surface area contributed by atoms with Crippen molar-refractivity contribution in [2.45, 2.75) is 32.9 Å². The molecule has 0 radical (unpaired) electrons. The number of likely N-dealkylation sites (tertiary alicyclic amines) is 1. The summed E-state index contributed by atoms with van der Waals surface area (Å²) in [5.74, 6) is 0. The number of aryl methyl sites for hydroxylation is 2. The molecule has 23 heavy (non-hydrogen) atoms. The highest BCUT2D eigenvalue weighted by Gasteiger charge is 2.25. The topological polar surface area (TPSA) is 49.7 Å². The van der Waals surface area contributed by atoms with Gasteiger partial charge in [-0.1, -0.05) is 0 Å². The van der Waals surface area contributed by atoms with Crippen LogP contribution in [0.1, 0.15) is 28.7 Å². The molecule has 0 spiro atoms. The van der Waals surface area contributed by atoms with E-state index in [1.165, 1.54) is 21.9 Å². The molecule has 1 aliphatic heterocycles. The molecule has 1 aliphatic rings. The Labute approximate surface area is 139 Å². The van der Waals surface area contributed by atoms with Gasteiger partial charge in [0.2, 0.25) is 0 Å². The lowest BCUT2D eigenvalue weighted by Gasteiger charge is -2.16. The fourth-order valence-electron chi connectivity index (χ4n) is 3.39. The summed E-state index contributed by atoms with van der Waals surface area (Å²) in [5.41, 5.74) is 3.48. The van der Waals surface area contributed by atoms with Gasteiger partial charge in [-0.05, 0) is 44.5 Å². The smallest absolute Gasteiger partial charge is 0.0749 e. The average molecular weight is 327 g/mol. The zero-order chi connectivity index (χ0) is 15.8. The van der Waals surface area contributed by atoms with Crippen molar-refractivity contribution in [2.24, 2.45) is 0 Å². The van der Waals surface area contributed by atoms with E-state index >= 15 is 0 Å². The molecular weight excluding hydrogens is 306 g/mol. The second kappa shape index (κ2) is 5.94. The van der Waals surface area contributed by atoms with E-state index in [0.717, 1.165) is 31.0 Å². The molecule has 0 amide bonds. The van der Waals surface area contributed by atoms with E-state index in [4.69, 9.17) is 0 Å². The van der Waals surface area contributed by atoms with Crippen molar-refractivity contribution < 1.29 is 0 Å². The van der Waals surface area contributed by atoms with Crippen molar-refractivity contribution in [2.75, 3.05) is 13.1 Å². The molecule has 1 unspecified atom stereocenters. The zero-order valence-corrected chi connectivity index (χ0v) is 14.3. The third kappa shape index (κ3) is 2.96. The van der Waals surface area contributed by atoms with Crippen molar-refractivity contribution in [1.29, 1.82) is 0 Å². The van der Waals surface area contributed by atoms with E-state index in [1.807, 2.05) is 17.4 Å². The number of rotatable bonds is 4.